The van der Waals surface area contributed by atoms with Crippen LogP contribution in [-0.2, 0) is 0 Å². The van der Waals surface area contributed by atoms with Crippen LogP contribution in [0, 0.1) is 20.8 Å². The SMILES string of the molecule is COc1cc(/C=C/c2ccc(C)s2)cc(C)c1C. The summed E-state index contributed by atoms with van der Waals surface area (Å²) in [6.07, 6.45) is 4.29. The predicted molar refractivity (Wildman–Crippen MR) is 80.5 cm³/mol. The molecule has 0 spiro atoms. The molecule has 1 heterocycles. The van der Waals surface area contributed by atoms with Crippen molar-refractivity contribution in [2.45, 2.75) is 20.8 Å². The highest BCUT2D eigenvalue weighted by Crippen LogP contribution is 2.25. The van der Waals surface area contributed by atoms with Gasteiger partial charge in [0, 0.05) is 9.75 Å². The van der Waals surface area contributed by atoms with Crippen LogP contribution in [0.4, 0.5) is 0 Å². The number of hydrogen-bond donors (Lipinski definition) is 0. The molecule has 0 aliphatic carbocycles. The predicted octanol–water partition coefficient (Wildman–Crippen LogP) is 4.85. The Morgan fingerprint density at radius 3 is 2.44 bits per heavy atom. The van der Waals surface area contributed by atoms with Gasteiger partial charge in [0.05, 0.1) is 7.11 Å². The zero-order valence-corrected chi connectivity index (χ0v) is 12.1. The lowest BCUT2D eigenvalue weighted by Gasteiger charge is -2.08. The van der Waals surface area contributed by atoms with Gasteiger partial charge in [-0.05, 0) is 61.7 Å². The number of thiophene rings is 1. The third kappa shape index (κ3) is 2.82. The summed E-state index contributed by atoms with van der Waals surface area (Å²) < 4.78 is 5.39. The largest absolute Gasteiger partial charge is 0.496 e. The molecule has 0 aliphatic rings. The molecule has 0 amide bonds. The molecule has 94 valence electrons. The normalized spacial score (nSPS) is 11.1. The molecule has 0 aliphatic heterocycles. The quantitative estimate of drug-likeness (QED) is 0.764. The van der Waals surface area contributed by atoms with Gasteiger partial charge in [-0.1, -0.05) is 12.1 Å². The fourth-order valence-electron chi connectivity index (χ4n) is 1.88. The van der Waals surface area contributed by atoms with Gasteiger partial charge in [-0.25, -0.2) is 0 Å². The number of methoxy groups -OCH3 is 1. The van der Waals surface area contributed by atoms with E-state index in [1.54, 1.807) is 18.4 Å². The first-order valence-corrected chi connectivity index (χ1v) is 6.81. The molecule has 0 fully saturated rings. The molecule has 0 bridgehead atoms. The van der Waals surface area contributed by atoms with Crippen LogP contribution in [0.2, 0.25) is 0 Å². The summed E-state index contributed by atoms with van der Waals surface area (Å²) >= 11 is 1.81. The Hall–Kier alpha value is -1.54. The van der Waals surface area contributed by atoms with Crippen molar-refractivity contribution in [2.75, 3.05) is 7.11 Å². The van der Waals surface area contributed by atoms with Gasteiger partial charge in [-0.2, -0.15) is 0 Å². The first kappa shape index (κ1) is 12.9. The van der Waals surface area contributed by atoms with Crippen LogP contribution in [0.5, 0.6) is 5.75 Å². The second-order valence-corrected chi connectivity index (χ2v) is 5.77. The van der Waals surface area contributed by atoms with Crippen molar-refractivity contribution in [2.24, 2.45) is 0 Å². The van der Waals surface area contributed by atoms with E-state index in [0.717, 1.165) is 5.75 Å². The zero-order valence-electron chi connectivity index (χ0n) is 11.3. The van der Waals surface area contributed by atoms with Crippen molar-refractivity contribution >= 4 is 23.5 Å². The second-order valence-electron chi connectivity index (χ2n) is 4.45. The fourth-order valence-corrected chi connectivity index (χ4v) is 2.66. The summed E-state index contributed by atoms with van der Waals surface area (Å²) in [6, 6.07) is 8.56. The van der Waals surface area contributed by atoms with Crippen LogP contribution in [0.3, 0.4) is 0 Å². The average Bonchev–Trinajstić information content (AvgIpc) is 2.76. The molecule has 0 unspecified atom stereocenters. The van der Waals surface area contributed by atoms with E-state index in [1.807, 2.05) is 0 Å². The molecule has 2 rings (SSSR count). The minimum absolute atomic E-state index is 0.956. The summed E-state index contributed by atoms with van der Waals surface area (Å²) in [7, 11) is 1.72. The number of rotatable bonds is 3. The molecule has 18 heavy (non-hydrogen) atoms. The number of benzene rings is 1. The molecule has 2 heteroatoms. The highest BCUT2D eigenvalue weighted by molar-refractivity contribution is 7.12. The molecule has 0 N–H and O–H groups in total. The molecule has 0 radical (unpaired) electrons. The summed E-state index contributed by atoms with van der Waals surface area (Å²) in [4.78, 5) is 2.62. The highest BCUT2D eigenvalue weighted by Gasteiger charge is 2.02. The van der Waals surface area contributed by atoms with E-state index in [4.69, 9.17) is 4.74 Å². The second kappa shape index (κ2) is 5.40. The van der Waals surface area contributed by atoms with E-state index in [2.05, 4.69) is 57.2 Å². The summed E-state index contributed by atoms with van der Waals surface area (Å²) in [5.74, 6) is 0.956. The topological polar surface area (TPSA) is 9.23 Å². The van der Waals surface area contributed by atoms with E-state index < -0.39 is 0 Å². The first-order chi connectivity index (χ1) is 8.60. The van der Waals surface area contributed by atoms with E-state index in [9.17, 15) is 0 Å². The molecule has 0 saturated heterocycles. The van der Waals surface area contributed by atoms with E-state index in [-0.39, 0.29) is 0 Å². The van der Waals surface area contributed by atoms with Crippen LogP contribution in [0.1, 0.15) is 26.4 Å². The van der Waals surface area contributed by atoms with E-state index >= 15 is 0 Å². The van der Waals surface area contributed by atoms with Gasteiger partial charge in [0.15, 0.2) is 0 Å². The van der Waals surface area contributed by atoms with Crippen LogP contribution >= 0.6 is 11.3 Å². The monoisotopic (exact) mass is 258 g/mol. The summed E-state index contributed by atoms with van der Waals surface area (Å²) in [5, 5.41) is 0. The fraction of sp³-hybridized carbons (Fsp3) is 0.250. The summed E-state index contributed by atoms with van der Waals surface area (Å²) in [5.41, 5.74) is 3.65. The van der Waals surface area contributed by atoms with Gasteiger partial charge in [0.25, 0.3) is 0 Å². The van der Waals surface area contributed by atoms with E-state index in [0.29, 0.717) is 0 Å². The van der Waals surface area contributed by atoms with Crippen molar-refractivity contribution in [3.63, 3.8) is 0 Å². The van der Waals surface area contributed by atoms with Crippen LogP contribution < -0.4 is 4.74 Å². The Kier molecular flexibility index (Phi) is 3.87. The highest BCUT2D eigenvalue weighted by atomic mass is 32.1. The van der Waals surface area contributed by atoms with Crippen LogP contribution in [0.25, 0.3) is 12.2 Å². The van der Waals surface area contributed by atoms with Gasteiger partial charge in [0.2, 0.25) is 0 Å². The van der Waals surface area contributed by atoms with Crippen LogP contribution in [0.15, 0.2) is 24.3 Å². The lowest BCUT2D eigenvalue weighted by Crippen LogP contribution is -1.91. The van der Waals surface area contributed by atoms with Crippen molar-refractivity contribution in [3.8, 4) is 5.75 Å². The van der Waals surface area contributed by atoms with Crippen molar-refractivity contribution < 1.29 is 4.74 Å². The molecule has 0 atom stereocenters. The number of hydrogen-bond acceptors (Lipinski definition) is 2. The molecule has 2 aromatic rings. The van der Waals surface area contributed by atoms with Gasteiger partial charge in [-0.15, -0.1) is 11.3 Å². The van der Waals surface area contributed by atoms with Crippen molar-refractivity contribution in [3.05, 3.63) is 50.7 Å². The van der Waals surface area contributed by atoms with Gasteiger partial charge in [0.1, 0.15) is 5.75 Å². The molecular formula is C16H18OS. The van der Waals surface area contributed by atoms with Gasteiger partial charge >= 0.3 is 0 Å². The van der Waals surface area contributed by atoms with Crippen LogP contribution in [-0.4, -0.2) is 7.11 Å². The maximum Gasteiger partial charge on any atom is 0.122 e. The molecule has 1 aromatic heterocycles. The Labute approximate surface area is 113 Å². The third-order valence-corrected chi connectivity index (χ3v) is 4.03. The standard InChI is InChI=1S/C16H18OS/c1-11-9-14(10-16(17-4)13(11)3)6-8-15-7-5-12(2)18-15/h5-10H,1-4H3/b8-6+. The van der Waals surface area contributed by atoms with E-state index in [1.165, 1.54) is 26.4 Å². The smallest absolute Gasteiger partial charge is 0.122 e. The Balaban J connectivity index is 2.29. The van der Waals surface area contributed by atoms with Gasteiger partial charge in [-0.3, -0.25) is 0 Å². The minimum Gasteiger partial charge on any atom is -0.496 e. The van der Waals surface area contributed by atoms with Crippen molar-refractivity contribution in [1.29, 1.82) is 0 Å². The summed E-state index contributed by atoms with van der Waals surface area (Å²) in [6.45, 7) is 6.33. The molecular weight excluding hydrogens is 240 g/mol. The maximum atomic E-state index is 5.39. The molecule has 1 aromatic carbocycles. The third-order valence-electron chi connectivity index (χ3n) is 3.06. The average molecular weight is 258 g/mol. The minimum atomic E-state index is 0.956. The Bertz CT molecular complexity index is 579. The number of aryl methyl sites for hydroxylation is 2. The maximum absolute atomic E-state index is 5.39. The Morgan fingerprint density at radius 1 is 1.06 bits per heavy atom. The lowest BCUT2D eigenvalue weighted by atomic mass is 10.0. The van der Waals surface area contributed by atoms with Crippen molar-refractivity contribution in [1.82, 2.24) is 0 Å². The first-order valence-electron chi connectivity index (χ1n) is 6.00. The molecule has 1 nitrogen and oxygen atoms in total. The number of ether oxygens (including phenoxy) is 1. The molecule has 0 saturated carbocycles. The van der Waals surface area contributed by atoms with Gasteiger partial charge < -0.3 is 4.74 Å². The lowest BCUT2D eigenvalue weighted by molar-refractivity contribution is 0.411. The zero-order chi connectivity index (χ0) is 13.1. The Morgan fingerprint density at radius 2 is 1.83 bits per heavy atom.